The number of allylic oxidation sites excluding steroid dienone is 1. The van der Waals surface area contributed by atoms with E-state index in [0.29, 0.717) is 0 Å². The molecule has 0 amide bonds. The molecule has 1 aliphatic heterocycles. The predicted molar refractivity (Wildman–Crippen MR) is 24.5 cm³/mol. The lowest BCUT2D eigenvalue weighted by atomic mass is 10.5. The van der Waals surface area contributed by atoms with Gasteiger partial charge in [-0.25, -0.2) is 0 Å². The first-order valence-corrected chi connectivity index (χ1v) is 2.35. The Morgan fingerprint density at radius 3 is 2.33 bits per heavy atom. The van der Waals surface area contributed by atoms with Crippen LogP contribution in [-0.4, -0.2) is 12.1 Å². The third-order valence-electron chi connectivity index (χ3n) is 1.53. The van der Waals surface area contributed by atoms with Crippen LogP contribution < -0.4 is 5.32 Å². The minimum Gasteiger partial charge on any atom is -0.300 e. The molecule has 1 saturated carbocycles. The molecule has 6 heavy (non-hydrogen) atoms. The van der Waals surface area contributed by atoms with Gasteiger partial charge in [0.2, 0.25) is 0 Å². The van der Waals surface area contributed by atoms with Crippen molar-refractivity contribution in [1.82, 2.24) is 5.32 Å². The summed E-state index contributed by atoms with van der Waals surface area (Å²) in [6.07, 6.45) is 2.20. The Hall–Kier alpha value is -0.300. The maximum absolute atomic E-state index is 3.23. The summed E-state index contributed by atoms with van der Waals surface area (Å²) in [5, 5.41) is 3.23. The number of hydrogen-bond donors (Lipinski definition) is 1. The molecule has 0 aromatic carbocycles. The van der Waals surface area contributed by atoms with Crippen LogP contribution in [-0.2, 0) is 0 Å². The minimum absolute atomic E-state index is 0.843. The van der Waals surface area contributed by atoms with Crippen molar-refractivity contribution >= 4 is 0 Å². The zero-order valence-electron chi connectivity index (χ0n) is 3.73. The summed E-state index contributed by atoms with van der Waals surface area (Å²) in [4.78, 5) is 0. The van der Waals surface area contributed by atoms with Gasteiger partial charge >= 0.3 is 0 Å². The minimum atomic E-state index is 0.843. The highest BCUT2D eigenvalue weighted by atomic mass is 15.3. The van der Waals surface area contributed by atoms with Crippen LogP contribution in [0, 0.1) is 0 Å². The van der Waals surface area contributed by atoms with Gasteiger partial charge in [0.1, 0.15) is 0 Å². The maximum atomic E-state index is 3.23. The van der Waals surface area contributed by atoms with Crippen LogP contribution in [0.3, 0.4) is 0 Å². The second-order valence-electron chi connectivity index (χ2n) is 1.91. The van der Waals surface area contributed by atoms with Gasteiger partial charge in [-0.05, 0) is 12.5 Å². The molecule has 0 radical (unpaired) electrons. The highest BCUT2D eigenvalue weighted by Crippen LogP contribution is 2.43. The topological polar surface area (TPSA) is 21.9 Å². The van der Waals surface area contributed by atoms with Crippen LogP contribution in [0.15, 0.2) is 11.6 Å². The smallest absolute Gasteiger partial charge is 0.0496 e. The number of rotatable bonds is 0. The fourth-order valence-electron chi connectivity index (χ4n) is 0.875. The van der Waals surface area contributed by atoms with Crippen molar-refractivity contribution in [3.05, 3.63) is 11.6 Å². The van der Waals surface area contributed by atoms with Crippen molar-refractivity contribution in [3.63, 3.8) is 0 Å². The van der Waals surface area contributed by atoms with Crippen LogP contribution in [0.2, 0.25) is 0 Å². The molecule has 2 aliphatic rings. The third-order valence-corrected chi connectivity index (χ3v) is 1.53. The van der Waals surface area contributed by atoms with E-state index >= 15 is 0 Å². The van der Waals surface area contributed by atoms with E-state index in [1.165, 1.54) is 0 Å². The van der Waals surface area contributed by atoms with Gasteiger partial charge in [-0.1, -0.05) is 6.08 Å². The molecule has 0 spiro atoms. The second kappa shape index (κ2) is 0.562. The summed E-state index contributed by atoms with van der Waals surface area (Å²) in [6, 6.07) is 1.69. The predicted octanol–water partition coefficient (Wildman–Crippen LogP) is 0.287. The monoisotopic (exact) mass is 81.1 g/mol. The van der Waals surface area contributed by atoms with Crippen LogP contribution in [0.1, 0.15) is 6.92 Å². The Kier molecular flexibility index (Phi) is 0.263. The Labute approximate surface area is 37.0 Å². The van der Waals surface area contributed by atoms with Crippen molar-refractivity contribution in [3.8, 4) is 0 Å². The first-order valence-electron chi connectivity index (χ1n) is 2.35. The summed E-state index contributed by atoms with van der Waals surface area (Å²) in [5.41, 5.74) is 1.62. The highest BCUT2D eigenvalue weighted by molar-refractivity contribution is 5.51. The van der Waals surface area contributed by atoms with E-state index < -0.39 is 0 Å². The fraction of sp³-hybridized carbons (Fsp3) is 0.600. The lowest BCUT2D eigenvalue weighted by Gasteiger charge is -1.80. The third kappa shape index (κ3) is 0.144. The molecular formula is C5H7N. The van der Waals surface area contributed by atoms with E-state index in [2.05, 4.69) is 18.3 Å². The van der Waals surface area contributed by atoms with Gasteiger partial charge in [-0.2, -0.15) is 0 Å². The van der Waals surface area contributed by atoms with Gasteiger partial charge in [0.25, 0.3) is 0 Å². The standard InChI is InChI=1S/C5H7N/c1-2-3-4-5(3)6-4/h2,4-6H,1H3. The SMILES string of the molecule is CC=C1C2NC12. The summed E-state index contributed by atoms with van der Waals surface area (Å²) >= 11 is 0. The van der Waals surface area contributed by atoms with Gasteiger partial charge in [0.05, 0.1) is 0 Å². The molecule has 1 heterocycles. The van der Waals surface area contributed by atoms with E-state index in [1.54, 1.807) is 5.57 Å². The fourth-order valence-corrected chi connectivity index (χ4v) is 0.875. The average Bonchev–Trinajstić information content (AvgIpc) is 2.12. The molecule has 32 valence electrons. The summed E-state index contributed by atoms with van der Waals surface area (Å²) in [5.74, 6) is 0. The lowest BCUT2D eigenvalue weighted by Crippen LogP contribution is -1.94. The van der Waals surface area contributed by atoms with E-state index in [1.807, 2.05) is 0 Å². The van der Waals surface area contributed by atoms with Crippen molar-refractivity contribution < 1.29 is 0 Å². The normalized spacial score (nSPS) is 47.8. The molecule has 1 heteroatoms. The Morgan fingerprint density at radius 1 is 1.67 bits per heavy atom. The molecule has 0 aromatic rings. The molecule has 2 rings (SSSR count). The molecule has 1 N–H and O–H groups in total. The number of hydrogen-bond acceptors (Lipinski definition) is 1. The van der Waals surface area contributed by atoms with Crippen molar-refractivity contribution in [1.29, 1.82) is 0 Å². The van der Waals surface area contributed by atoms with Crippen molar-refractivity contribution in [2.24, 2.45) is 0 Å². The molecular weight excluding hydrogens is 74.1 g/mol. The first kappa shape index (κ1) is 2.80. The number of nitrogens with one attached hydrogen (secondary N) is 1. The zero-order valence-corrected chi connectivity index (χ0v) is 3.73. The molecule has 0 aromatic heterocycles. The zero-order chi connectivity index (χ0) is 4.15. The average molecular weight is 81.1 g/mol. The quantitative estimate of drug-likeness (QED) is 0.328. The second-order valence-corrected chi connectivity index (χ2v) is 1.91. The van der Waals surface area contributed by atoms with E-state index in [-0.39, 0.29) is 0 Å². The lowest BCUT2D eigenvalue weighted by molar-refractivity contribution is 1.05. The van der Waals surface area contributed by atoms with Crippen molar-refractivity contribution in [2.75, 3.05) is 0 Å². The molecule has 1 saturated heterocycles. The Morgan fingerprint density at radius 2 is 2.33 bits per heavy atom. The Bertz CT molecular complexity index is 105. The van der Waals surface area contributed by atoms with Crippen LogP contribution >= 0.6 is 0 Å². The van der Waals surface area contributed by atoms with Crippen LogP contribution in [0.4, 0.5) is 0 Å². The van der Waals surface area contributed by atoms with E-state index in [4.69, 9.17) is 0 Å². The molecule has 1 nitrogen and oxygen atoms in total. The van der Waals surface area contributed by atoms with Gasteiger partial charge < -0.3 is 5.32 Å². The molecule has 2 unspecified atom stereocenters. The summed E-state index contributed by atoms with van der Waals surface area (Å²) in [7, 11) is 0. The van der Waals surface area contributed by atoms with E-state index in [0.717, 1.165) is 12.1 Å². The Balaban J connectivity index is 2.24. The first-order chi connectivity index (χ1) is 2.93. The largest absolute Gasteiger partial charge is 0.300 e. The molecule has 2 fully saturated rings. The van der Waals surface area contributed by atoms with Gasteiger partial charge in [-0.3, -0.25) is 0 Å². The van der Waals surface area contributed by atoms with Gasteiger partial charge in [0, 0.05) is 12.1 Å². The van der Waals surface area contributed by atoms with E-state index in [9.17, 15) is 0 Å². The van der Waals surface area contributed by atoms with Gasteiger partial charge in [0.15, 0.2) is 0 Å². The van der Waals surface area contributed by atoms with Crippen LogP contribution in [0.25, 0.3) is 0 Å². The molecule has 1 aliphatic carbocycles. The van der Waals surface area contributed by atoms with Gasteiger partial charge in [-0.15, -0.1) is 0 Å². The molecule has 0 bridgehead atoms. The van der Waals surface area contributed by atoms with Crippen LogP contribution in [0.5, 0.6) is 0 Å². The summed E-state index contributed by atoms with van der Waals surface area (Å²) < 4.78 is 0. The van der Waals surface area contributed by atoms with Crippen molar-refractivity contribution in [2.45, 2.75) is 19.0 Å². The summed E-state index contributed by atoms with van der Waals surface area (Å²) in [6.45, 7) is 2.10. The maximum Gasteiger partial charge on any atom is 0.0496 e. The highest BCUT2D eigenvalue weighted by Gasteiger charge is 2.58. The number of fused-ring (bicyclic) bond motifs is 1. The molecule has 2 atom stereocenters.